The molecular formula is C37H45N7O6Si. The summed E-state index contributed by atoms with van der Waals surface area (Å²) in [7, 11) is -0.0278. The molecule has 14 heteroatoms. The van der Waals surface area contributed by atoms with E-state index in [2.05, 4.69) is 102 Å². The highest BCUT2D eigenvalue weighted by Gasteiger charge is 2.50. The molecule has 5 aromatic rings. The van der Waals surface area contributed by atoms with E-state index in [-0.39, 0.29) is 29.1 Å². The van der Waals surface area contributed by atoms with Crippen LogP contribution in [-0.2, 0) is 15.7 Å². The van der Waals surface area contributed by atoms with Crippen LogP contribution in [0.15, 0.2) is 79.1 Å². The normalized spacial score (nSPS) is 12.4. The number of nitrogens with zero attached hydrogens (tertiary/aromatic N) is 5. The second kappa shape index (κ2) is 16.1. The number of aromatic nitrogens is 5. The van der Waals surface area contributed by atoms with Gasteiger partial charge in [0, 0.05) is 18.8 Å². The minimum absolute atomic E-state index is 0.00725. The molecule has 0 saturated heterocycles. The molecule has 1 unspecified atom stereocenters. The lowest BCUT2D eigenvalue weighted by Crippen LogP contribution is -2.66. The second-order valence-electron chi connectivity index (χ2n) is 13.2. The molecule has 3 heterocycles. The van der Waals surface area contributed by atoms with Gasteiger partial charge in [-0.15, -0.1) is 0 Å². The molecule has 0 aliphatic rings. The summed E-state index contributed by atoms with van der Waals surface area (Å²) in [5, 5.41) is 22.5. The van der Waals surface area contributed by atoms with Gasteiger partial charge in [-0.2, -0.15) is 10.1 Å². The first kappa shape index (κ1) is 36.9. The van der Waals surface area contributed by atoms with E-state index in [4.69, 9.17) is 18.9 Å². The van der Waals surface area contributed by atoms with Crippen molar-refractivity contribution in [3.8, 4) is 5.75 Å². The Balaban J connectivity index is 1.49. The smallest absolute Gasteiger partial charge is 0.413 e. The lowest BCUT2D eigenvalue weighted by molar-refractivity contribution is 0.0696. The van der Waals surface area contributed by atoms with Crippen LogP contribution in [-0.4, -0.2) is 77.1 Å². The number of anilines is 2. The maximum atomic E-state index is 12.2. The van der Waals surface area contributed by atoms with Crippen LogP contribution >= 0.6 is 0 Å². The standard InChI is InChI=1S/C37H45N7O6Si/c1-7-14-26(19-20-50-51(37(2,3)4,27-15-10-8-11-16-27)28-17-12-9-13-18-28)40-33-32-29(41-35(42-33)43-36(47)49-6)23-39-44(32)24-30-31(48-5)21-25(22-38-30)34(45)46/h8-13,15-18,21-23,26H,7,14,19-20,24H2,1-6H3,(H,45,46)(H2,40,41,42,43,47). The average molecular weight is 712 g/mol. The molecule has 0 spiro atoms. The van der Waals surface area contributed by atoms with Crippen molar-refractivity contribution in [2.24, 2.45) is 0 Å². The van der Waals surface area contributed by atoms with Crippen LogP contribution in [0.1, 0.15) is 63.0 Å². The molecule has 0 bridgehead atoms. The van der Waals surface area contributed by atoms with Crippen LogP contribution < -0.4 is 25.7 Å². The Hall–Kier alpha value is -5.34. The number of carboxylic acids is 1. The predicted molar refractivity (Wildman–Crippen MR) is 199 cm³/mol. The monoisotopic (exact) mass is 711 g/mol. The Morgan fingerprint density at radius 3 is 2.20 bits per heavy atom. The summed E-state index contributed by atoms with van der Waals surface area (Å²) in [4.78, 5) is 37.3. The molecule has 2 aromatic carbocycles. The van der Waals surface area contributed by atoms with Crippen LogP contribution in [0.3, 0.4) is 0 Å². The fourth-order valence-electron chi connectivity index (χ4n) is 6.39. The van der Waals surface area contributed by atoms with Gasteiger partial charge < -0.3 is 24.3 Å². The maximum Gasteiger partial charge on any atom is 0.413 e. The molecular weight excluding hydrogens is 667 g/mol. The summed E-state index contributed by atoms with van der Waals surface area (Å²) < 4.78 is 19.2. The minimum Gasteiger partial charge on any atom is -0.495 e. The lowest BCUT2D eigenvalue weighted by Gasteiger charge is -2.43. The third kappa shape index (κ3) is 8.18. The number of rotatable bonds is 15. The molecule has 268 valence electrons. The van der Waals surface area contributed by atoms with Crippen LogP contribution in [0.4, 0.5) is 16.6 Å². The predicted octanol–water partition coefficient (Wildman–Crippen LogP) is 5.70. The van der Waals surface area contributed by atoms with Gasteiger partial charge in [0.15, 0.2) is 5.82 Å². The summed E-state index contributed by atoms with van der Waals surface area (Å²) in [6.07, 6.45) is 4.53. The first-order valence-electron chi connectivity index (χ1n) is 16.9. The number of benzene rings is 2. The van der Waals surface area contributed by atoms with Crippen molar-refractivity contribution in [3.05, 3.63) is 90.4 Å². The molecule has 3 aromatic heterocycles. The Morgan fingerprint density at radius 2 is 1.63 bits per heavy atom. The lowest BCUT2D eigenvalue weighted by atomic mass is 10.1. The van der Waals surface area contributed by atoms with Crippen molar-refractivity contribution in [1.29, 1.82) is 0 Å². The number of nitrogens with one attached hydrogen (secondary N) is 2. The van der Waals surface area contributed by atoms with Crippen molar-refractivity contribution < 1.29 is 28.6 Å². The summed E-state index contributed by atoms with van der Waals surface area (Å²) in [5.74, 6) is -0.295. The van der Waals surface area contributed by atoms with E-state index in [1.807, 2.05) is 12.1 Å². The van der Waals surface area contributed by atoms with Gasteiger partial charge in [-0.1, -0.05) is 94.8 Å². The highest BCUT2D eigenvalue weighted by Crippen LogP contribution is 2.37. The van der Waals surface area contributed by atoms with Crippen molar-refractivity contribution >= 4 is 53.6 Å². The third-order valence-electron chi connectivity index (χ3n) is 8.76. The number of ether oxygens (including phenoxy) is 2. The number of carbonyl (C=O) groups excluding carboxylic acids is 1. The van der Waals surface area contributed by atoms with Crippen LogP contribution in [0, 0.1) is 0 Å². The van der Waals surface area contributed by atoms with Gasteiger partial charge in [0.05, 0.1) is 32.5 Å². The number of hydrogen-bond donors (Lipinski definition) is 3. The fourth-order valence-corrected chi connectivity index (χ4v) is 11.0. The number of methoxy groups -OCH3 is 2. The SMILES string of the molecule is CCCC(CCO[Si](c1ccccc1)(c1ccccc1)C(C)(C)C)Nc1nc(NC(=O)OC)nc2cnn(Cc3ncc(C(=O)O)cc3OC)c12. The number of carbonyl (C=O) groups is 2. The zero-order valence-corrected chi connectivity index (χ0v) is 30.8. The molecule has 3 N–H and O–H groups in total. The number of hydrogen-bond acceptors (Lipinski definition) is 10. The van der Waals surface area contributed by atoms with Gasteiger partial charge >= 0.3 is 12.1 Å². The summed E-state index contributed by atoms with van der Waals surface area (Å²) >= 11 is 0. The van der Waals surface area contributed by atoms with Crippen molar-refractivity contribution in [1.82, 2.24) is 24.7 Å². The number of carboxylic acid groups (broad SMARTS) is 1. The zero-order chi connectivity index (χ0) is 36.6. The molecule has 0 saturated carbocycles. The van der Waals surface area contributed by atoms with Crippen molar-refractivity contribution in [3.63, 3.8) is 0 Å². The van der Waals surface area contributed by atoms with Gasteiger partial charge in [-0.05, 0) is 34.3 Å². The van der Waals surface area contributed by atoms with Crippen LogP contribution in [0.2, 0.25) is 5.04 Å². The van der Waals surface area contributed by atoms with Gasteiger partial charge in [-0.3, -0.25) is 15.0 Å². The molecule has 0 aliphatic carbocycles. The van der Waals surface area contributed by atoms with Gasteiger partial charge in [0.2, 0.25) is 5.95 Å². The van der Waals surface area contributed by atoms with Crippen molar-refractivity contribution in [2.75, 3.05) is 31.5 Å². The van der Waals surface area contributed by atoms with Gasteiger partial charge in [0.1, 0.15) is 22.5 Å². The quantitative estimate of drug-likeness (QED) is 0.114. The Kier molecular flexibility index (Phi) is 11.7. The van der Waals surface area contributed by atoms with E-state index in [0.29, 0.717) is 41.3 Å². The van der Waals surface area contributed by atoms with E-state index in [1.54, 1.807) is 10.9 Å². The van der Waals surface area contributed by atoms with E-state index >= 15 is 0 Å². The summed E-state index contributed by atoms with van der Waals surface area (Å²) in [6, 6.07) is 22.4. The molecule has 1 atom stereocenters. The van der Waals surface area contributed by atoms with E-state index in [9.17, 15) is 14.7 Å². The molecule has 5 rings (SSSR count). The van der Waals surface area contributed by atoms with E-state index < -0.39 is 20.4 Å². The number of fused-ring (bicyclic) bond motifs is 1. The topological polar surface area (TPSA) is 163 Å². The number of aromatic carboxylic acids is 1. The molecule has 0 fully saturated rings. The average Bonchev–Trinajstić information content (AvgIpc) is 3.52. The highest BCUT2D eigenvalue weighted by atomic mass is 28.4. The zero-order valence-electron chi connectivity index (χ0n) is 29.8. The van der Waals surface area contributed by atoms with Gasteiger partial charge in [0.25, 0.3) is 8.32 Å². The largest absolute Gasteiger partial charge is 0.495 e. The Bertz CT molecular complexity index is 1910. The van der Waals surface area contributed by atoms with E-state index in [1.165, 1.54) is 36.9 Å². The Morgan fingerprint density at radius 1 is 0.961 bits per heavy atom. The summed E-state index contributed by atoms with van der Waals surface area (Å²) in [6.45, 7) is 9.53. The third-order valence-corrected chi connectivity index (χ3v) is 13.8. The van der Waals surface area contributed by atoms with Crippen LogP contribution in [0.5, 0.6) is 5.75 Å². The van der Waals surface area contributed by atoms with Crippen LogP contribution in [0.25, 0.3) is 11.0 Å². The van der Waals surface area contributed by atoms with E-state index in [0.717, 1.165) is 12.8 Å². The second-order valence-corrected chi connectivity index (χ2v) is 17.5. The van der Waals surface area contributed by atoms with Crippen molar-refractivity contribution in [2.45, 2.75) is 64.6 Å². The number of pyridine rings is 1. The first-order valence-corrected chi connectivity index (χ1v) is 18.8. The minimum atomic E-state index is -2.75. The fraction of sp³-hybridized carbons (Fsp3) is 0.351. The molecule has 0 radical (unpaired) electrons. The number of amides is 1. The molecule has 13 nitrogen and oxygen atoms in total. The summed E-state index contributed by atoms with van der Waals surface area (Å²) in [5.41, 5.74) is 1.52. The molecule has 1 amide bonds. The maximum absolute atomic E-state index is 12.2. The molecule has 0 aliphatic heterocycles. The Labute approximate surface area is 298 Å². The molecule has 51 heavy (non-hydrogen) atoms. The van der Waals surface area contributed by atoms with Gasteiger partial charge in [-0.25, -0.2) is 14.6 Å². The first-order chi connectivity index (χ1) is 24.5. The highest BCUT2D eigenvalue weighted by molar-refractivity contribution is 6.99.